The van der Waals surface area contributed by atoms with Gasteiger partial charge in [0, 0.05) is 25.1 Å². The molecule has 4 heteroatoms. The number of hydrogen-bond donors (Lipinski definition) is 1. The van der Waals surface area contributed by atoms with E-state index >= 15 is 0 Å². The second kappa shape index (κ2) is 4.28. The smallest absolute Gasteiger partial charge is 0.145 e. The molecule has 1 aromatic heterocycles. The van der Waals surface area contributed by atoms with Gasteiger partial charge in [-0.1, -0.05) is 0 Å². The van der Waals surface area contributed by atoms with Crippen molar-refractivity contribution in [3.63, 3.8) is 0 Å². The second-order valence-corrected chi connectivity index (χ2v) is 3.34. The summed E-state index contributed by atoms with van der Waals surface area (Å²) < 4.78 is 11.0. The van der Waals surface area contributed by atoms with Gasteiger partial charge in [-0.25, -0.2) is 0 Å². The molecule has 2 rings (SSSR count). The molecule has 1 aliphatic rings. The van der Waals surface area contributed by atoms with Gasteiger partial charge in [0.1, 0.15) is 11.9 Å². The molecule has 76 valence electrons. The molecule has 0 radical (unpaired) electrons. The highest BCUT2D eigenvalue weighted by Crippen LogP contribution is 2.22. The van der Waals surface area contributed by atoms with E-state index in [1.165, 1.54) is 0 Å². The zero-order valence-corrected chi connectivity index (χ0v) is 7.98. The minimum atomic E-state index is 0.230. The fraction of sp³-hybridized carbons (Fsp3) is 0.500. The molecule has 0 amide bonds. The maximum absolute atomic E-state index is 5.74. The van der Waals surface area contributed by atoms with Crippen molar-refractivity contribution >= 4 is 5.69 Å². The molecule has 0 bridgehead atoms. The average Bonchev–Trinajstić information content (AvgIpc) is 2.23. The molecule has 0 spiro atoms. The van der Waals surface area contributed by atoms with Crippen LogP contribution >= 0.6 is 0 Å². The summed E-state index contributed by atoms with van der Waals surface area (Å²) in [6.07, 6.45) is 5.39. The fourth-order valence-electron chi connectivity index (χ4n) is 1.47. The lowest BCUT2D eigenvalue weighted by atomic mass is 10.1. The number of aromatic nitrogens is 1. The van der Waals surface area contributed by atoms with Crippen molar-refractivity contribution in [3.05, 3.63) is 18.5 Å². The largest absolute Gasteiger partial charge is 0.488 e. The van der Waals surface area contributed by atoms with Crippen molar-refractivity contribution in [2.24, 2.45) is 0 Å². The molecule has 0 unspecified atom stereocenters. The lowest BCUT2D eigenvalue weighted by molar-refractivity contribution is 0.0258. The van der Waals surface area contributed by atoms with Crippen molar-refractivity contribution in [1.29, 1.82) is 0 Å². The lowest BCUT2D eigenvalue weighted by Crippen LogP contribution is -2.26. The van der Waals surface area contributed by atoms with Crippen LogP contribution in [-0.4, -0.2) is 24.3 Å². The van der Waals surface area contributed by atoms with Gasteiger partial charge in [-0.2, -0.15) is 0 Å². The summed E-state index contributed by atoms with van der Waals surface area (Å²) in [6, 6.07) is 1.80. The van der Waals surface area contributed by atoms with Crippen LogP contribution in [0.4, 0.5) is 5.69 Å². The first-order chi connectivity index (χ1) is 6.86. The number of hydrogen-bond acceptors (Lipinski definition) is 4. The van der Waals surface area contributed by atoms with Gasteiger partial charge in [0.05, 0.1) is 25.1 Å². The molecule has 0 atom stereocenters. The summed E-state index contributed by atoms with van der Waals surface area (Å²) in [5, 5.41) is 0. The minimum absolute atomic E-state index is 0.230. The Kier molecular flexibility index (Phi) is 2.84. The molecular formula is C10H14N2O2. The van der Waals surface area contributed by atoms with Gasteiger partial charge >= 0.3 is 0 Å². The predicted molar refractivity (Wildman–Crippen MR) is 53.1 cm³/mol. The Balaban J connectivity index is 1.99. The van der Waals surface area contributed by atoms with Crippen LogP contribution in [-0.2, 0) is 4.74 Å². The molecule has 14 heavy (non-hydrogen) atoms. The highest BCUT2D eigenvalue weighted by Gasteiger charge is 2.15. The molecule has 2 heterocycles. The minimum Gasteiger partial charge on any atom is -0.488 e. The summed E-state index contributed by atoms with van der Waals surface area (Å²) in [7, 11) is 0. The highest BCUT2D eigenvalue weighted by atomic mass is 16.5. The van der Waals surface area contributed by atoms with E-state index in [1.807, 2.05) is 0 Å². The van der Waals surface area contributed by atoms with Gasteiger partial charge in [-0.15, -0.1) is 0 Å². The van der Waals surface area contributed by atoms with Gasteiger partial charge in [-0.05, 0) is 0 Å². The van der Waals surface area contributed by atoms with Crippen LogP contribution in [0.5, 0.6) is 5.75 Å². The normalized spacial score (nSPS) is 18.0. The summed E-state index contributed by atoms with van der Waals surface area (Å²) in [5.41, 5.74) is 6.32. The first-order valence-corrected chi connectivity index (χ1v) is 4.80. The molecule has 1 fully saturated rings. The van der Waals surface area contributed by atoms with Crippen LogP contribution in [0.2, 0.25) is 0 Å². The van der Waals surface area contributed by atoms with Crippen LogP contribution in [0.1, 0.15) is 12.8 Å². The molecule has 0 aromatic carbocycles. The van der Waals surface area contributed by atoms with Crippen LogP contribution in [0.3, 0.4) is 0 Å². The van der Waals surface area contributed by atoms with Crippen LogP contribution < -0.4 is 10.5 Å². The van der Waals surface area contributed by atoms with Crippen molar-refractivity contribution in [2.45, 2.75) is 18.9 Å². The van der Waals surface area contributed by atoms with Crippen molar-refractivity contribution < 1.29 is 9.47 Å². The Morgan fingerprint density at radius 1 is 1.43 bits per heavy atom. The summed E-state index contributed by atoms with van der Waals surface area (Å²) in [5.74, 6) is 0.729. The van der Waals surface area contributed by atoms with E-state index < -0.39 is 0 Å². The Bertz CT molecular complexity index is 298. The molecule has 1 aromatic rings. The number of nitrogens with two attached hydrogens (primary N) is 1. The number of nitrogens with zero attached hydrogens (tertiary/aromatic N) is 1. The van der Waals surface area contributed by atoms with Crippen LogP contribution in [0, 0.1) is 0 Å². The zero-order chi connectivity index (χ0) is 9.80. The third-order valence-corrected chi connectivity index (χ3v) is 2.27. The molecule has 1 aliphatic heterocycles. The third-order valence-electron chi connectivity index (χ3n) is 2.27. The van der Waals surface area contributed by atoms with E-state index in [4.69, 9.17) is 15.2 Å². The Labute approximate surface area is 83.0 Å². The highest BCUT2D eigenvalue weighted by molar-refractivity contribution is 5.49. The standard InChI is InChI=1S/C10H14N2O2/c11-9-7-12-4-1-10(9)14-8-2-5-13-6-3-8/h1,4,7-8H,2-3,5-6,11H2. The molecular weight excluding hydrogens is 180 g/mol. The predicted octanol–water partition coefficient (Wildman–Crippen LogP) is 1.22. The van der Waals surface area contributed by atoms with Crippen LogP contribution in [0.15, 0.2) is 18.5 Å². The molecule has 2 N–H and O–H groups in total. The van der Waals surface area contributed by atoms with Gasteiger partial charge in [0.15, 0.2) is 0 Å². The Hall–Kier alpha value is -1.29. The maximum Gasteiger partial charge on any atom is 0.145 e. The monoisotopic (exact) mass is 194 g/mol. The van der Waals surface area contributed by atoms with E-state index in [1.54, 1.807) is 18.5 Å². The van der Waals surface area contributed by atoms with Crippen LogP contribution in [0.25, 0.3) is 0 Å². The first kappa shape index (κ1) is 9.27. The van der Waals surface area contributed by atoms with E-state index in [-0.39, 0.29) is 6.10 Å². The number of pyridine rings is 1. The Morgan fingerprint density at radius 3 is 2.93 bits per heavy atom. The molecule has 1 saturated heterocycles. The quantitative estimate of drug-likeness (QED) is 0.769. The third kappa shape index (κ3) is 2.14. The zero-order valence-electron chi connectivity index (χ0n) is 7.98. The van der Waals surface area contributed by atoms with Gasteiger partial charge in [-0.3, -0.25) is 4.98 Å². The van der Waals surface area contributed by atoms with Crippen molar-refractivity contribution in [2.75, 3.05) is 18.9 Å². The molecule has 0 saturated carbocycles. The first-order valence-electron chi connectivity index (χ1n) is 4.80. The molecule has 4 nitrogen and oxygen atoms in total. The van der Waals surface area contributed by atoms with Crippen molar-refractivity contribution in [3.8, 4) is 5.75 Å². The summed E-state index contributed by atoms with van der Waals surface area (Å²) in [4.78, 5) is 3.91. The fourth-order valence-corrected chi connectivity index (χ4v) is 1.47. The van der Waals surface area contributed by atoms with E-state index in [2.05, 4.69) is 4.98 Å². The SMILES string of the molecule is Nc1cnccc1OC1CCOCC1. The van der Waals surface area contributed by atoms with Gasteiger partial charge < -0.3 is 15.2 Å². The van der Waals surface area contributed by atoms with Gasteiger partial charge in [0.25, 0.3) is 0 Å². The van der Waals surface area contributed by atoms with Gasteiger partial charge in [0.2, 0.25) is 0 Å². The van der Waals surface area contributed by atoms with Crippen molar-refractivity contribution in [1.82, 2.24) is 4.98 Å². The van der Waals surface area contributed by atoms with E-state index in [0.29, 0.717) is 5.69 Å². The average molecular weight is 194 g/mol. The number of anilines is 1. The molecule has 0 aliphatic carbocycles. The maximum atomic E-state index is 5.74. The second-order valence-electron chi connectivity index (χ2n) is 3.34. The Morgan fingerprint density at radius 2 is 2.21 bits per heavy atom. The van der Waals surface area contributed by atoms with E-state index in [0.717, 1.165) is 31.8 Å². The topological polar surface area (TPSA) is 57.4 Å². The van der Waals surface area contributed by atoms with E-state index in [9.17, 15) is 0 Å². The summed E-state index contributed by atoms with van der Waals surface area (Å²) in [6.45, 7) is 1.55. The number of ether oxygens (including phenoxy) is 2. The summed E-state index contributed by atoms with van der Waals surface area (Å²) >= 11 is 0. The lowest BCUT2D eigenvalue weighted by Gasteiger charge is -2.23. The number of rotatable bonds is 2. The number of nitrogen functional groups attached to an aromatic ring is 1.